The Morgan fingerprint density at radius 3 is 2.80 bits per heavy atom. The summed E-state index contributed by atoms with van der Waals surface area (Å²) in [6.45, 7) is 0. The Morgan fingerprint density at radius 2 is 2.40 bits per heavy atom. The van der Waals surface area contributed by atoms with E-state index in [-0.39, 0.29) is 17.5 Å². The largest absolute Gasteiger partial charge is 0.481 e. The monoisotopic (exact) mass is 160 g/mol. The smallest absolute Gasteiger partial charge is 0.312 e. The number of thiol groups is 1. The molecule has 0 aromatic carbocycles. The highest BCUT2D eigenvalue weighted by Crippen LogP contribution is 2.03. The molecule has 1 N–H and O–H groups in total. The lowest BCUT2D eigenvalue weighted by Crippen LogP contribution is -1.99. The van der Waals surface area contributed by atoms with Gasteiger partial charge in [0, 0.05) is 0 Å². The lowest BCUT2D eigenvalue weighted by Gasteiger charge is -1.82. The van der Waals surface area contributed by atoms with Gasteiger partial charge in [-0.3, -0.25) is 4.79 Å². The van der Waals surface area contributed by atoms with Gasteiger partial charge < -0.3 is 9.52 Å². The number of aliphatic carboxylic acids is 1. The molecule has 1 aromatic heterocycles. The fraction of sp³-hybridized carbons (Fsp3) is 0.250. The third kappa shape index (κ3) is 1.73. The maximum atomic E-state index is 10.0. The maximum absolute atomic E-state index is 10.0. The van der Waals surface area contributed by atoms with Gasteiger partial charge in [-0.2, -0.15) is 0 Å². The average Bonchev–Trinajstić information content (AvgIpc) is 2.13. The van der Waals surface area contributed by atoms with Gasteiger partial charge in [-0.15, -0.1) is 10.2 Å². The molecule has 0 radical (unpaired) electrons. The number of nitrogens with zero attached hydrogens (tertiary/aromatic N) is 2. The summed E-state index contributed by atoms with van der Waals surface area (Å²) in [6.07, 6.45) is -0.256. The van der Waals surface area contributed by atoms with Gasteiger partial charge in [0.1, 0.15) is 6.42 Å². The highest BCUT2D eigenvalue weighted by molar-refractivity contribution is 7.80. The molecule has 54 valence electrons. The molecule has 0 fully saturated rings. The van der Waals surface area contributed by atoms with Crippen molar-refractivity contribution in [3.05, 3.63) is 5.89 Å². The summed E-state index contributed by atoms with van der Waals surface area (Å²) in [7, 11) is 0. The van der Waals surface area contributed by atoms with Crippen LogP contribution in [-0.2, 0) is 11.2 Å². The van der Waals surface area contributed by atoms with Gasteiger partial charge in [0.2, 0.25) is 5.89 Å². The molecule has 5 nitrogen and oxygen atoms in total. The van der Waals surface area contributed by atoms with Gasteiger partial charge in [-0.25, -0.2) is 0 Å². The lowest BCUT2D eigenvalue weighted by atomic mass is 10.4. The Labute approximate surface area is 61.5 Å². The van der Waals surface area contributed by atoms with Crippen molar-refractivity contribution in [1.82, 2.24) is 10.2 Å². The summed E-state index contributed by atoms with van der Waals surface area (Å²) < 4.78 is 4.66. The fourth-order valence-electron chi connectivity index (χ4n) is 0.446. The van der Waals surface area contributed by atoms with Crippen molar-refractivity contribution in [2.45, 2.75) is 11.6 Å². The Bertz CT molecular complexity index is 246. The number of hydrogen-bond acceptors (Lipinski definition) is 5. The average molecular weight is 160 g/mol. The second-order valence-electron chi connectivity index (χ2n) is 1.55. The van der Waals surface area contributed by atoms with Gasteiger partial charge in [0.15, 0.2) is 0 Å². The lowest BCUT2D eigenvalue weighted by molar-refractivity contribution is -0.136. The summed E-state index contributed by atoms with van der Waals surface area (Å²) >= 11 is 3.69. The van der Waals surface area contributed by atoms with E-state index in [1.807, 2.05) is 0 Å². The maximum Gasteiger partial charge on any atom is 0.312 e. The van der Waals surface area contributed by atoms with E-state index in [1.54, 1.807) is 0 Å². The fourth-order valence-corrected chi connectivity index (χ4v) is 0.596. The molecule has 0 aliphatic carbocycles. The van der Waals surface area contributed by atoms with Crippen molar-refractivity contribution in [3.8, 4) is 0 Å². The quantitative estimate of drug-likeness (QED) is 0.595. The molecule has 0 aliphatic heterocycles. The van der Waals surface area contributed by atoms with Crippen LogP contribution in [0.25, 0.3) is 0 Å². The summed E-state index contributed by atoms with van der Waals surface area (Å²) in [6, 6.07) is 0. The van der Waals surface area contributed by atoms with E-state index >= 15 is 0 Å². The van der Waals surface area contributed by atoms with Crippen LogP contribution in [-0.4, -0.2) is 21.3 Å². The molecule has 0 saturated carbocycles. The van der Waals surface area contributed by atoms with Crippen LogP contribution in [0.5, 0.6) is 0 Å². The SMILES string of the molecule is O=C(O)Cc1nnc(S)o1. The van der Waals surface area contributed by atoms with Gasteiger partial charge >= 0.3 is 5.97 Å². The number of carboxylic acid groups (broad SMARTS) is 1. The Balaban J connectivity index is 2.67. The molecule has 1 aromatic rings. The molecule has 0 amide bonds. The second kappa shape index (κ2) is 2.70. The molecular formula is C4H4N2O3S. The molecule has 0 bridgehead atoms. The molecular weight excluding hydrogens is 156 g/mol. The molecule has 1 heterocycles. The number of hydrogen-bond donors (Lipinski definition) is 2. The topological polar surface area (TPSA) is 76.2 Å². The zero-order valence-electron chi connectivity index (χ0n) is 4.81. The van der Waals surface area contributed by atoms with Crippen LogP contribution in [0.15, 0.2) is 9.64 Å². The van der Waals surface area contributed by atoms with Crippen LogP contribution >= 0.6 is 12.6 Å². The van der Waals surface area contributed by atoms with E-state index in [9.17, 15) is 4.79 Å². The Kier molecular flexibility index (Phi) is 1.91. The van der Waals surface area contributed by atoms with Crippen molar-refractivity contribution in [3.63, 3.8) is 0 Å². The number of rotatable bonds is 2. The van der Waals surface area contributed by atoms with Crippen LogP contribution in [0.1, 0.15) is 5.89 Å². The number of carbonyl (C=O) groups is 1. The molecule has 0 unspecified atom stereocenters. The predicted octanol–water partition coefficient (Wildman–Crippen LogP) is -0.0146. The first kappa shape index (κ1) is 7.07. The standard InChI is InChI=1S/C4H4N2O3S/c7-3(8)1-2-5-6-4(10)9-2/h1H2,(H,6,10)(H,7,8). The number of carboxylic acids is 1. The molecule has 6 heteroatoms. The van der Waals surface area contributed by atoms with Crippen LogP contribution in [0.2, 0.25) is 0 Å². The number of aromatic nitrogens is 2. The van der Waals surface area contributed by atoms with E-state index in [0.717, 1.165) is 0 Å². The first-order valence-electron chi connectivity index (χ1n) is 2.41. The molecule has 0 spiro atoms. The van der Waals surface area contributed by atoms with E-state index in [1.165, 1.54) is 0 Å². The van der Waals surface area contributed by atoms with Crippen LogP contribution in [0.3, 0.4) is 0 Å². The van der Waals surface area contributed by atoms with Crippen molar-refractivity contribution in [2.75, 3.05) is 0 Å². The highest BCUT2D eigenvalue weighted by atomic mass is 32.1. The van der Waals surface area contributed by atoms with E-state index in [2.05, 4.69) is 27.2 Å². The Morgan fingerprint density at radius 1 is 1.70 bits per heavy atom. The van der Waals surface area contributed by atoms with Gasteiger partial charge in [-0.05, 0) is 0 Å². The molecule has 0 aliphatic rings. The minimum atomic E-state index is -1.00. The minimum absolute atomic E-state index is 0.0671. The second-order valence-corrected chi connectivity index (χ2v) is 1.93. The molecule has 0 saturated heterocycles. The van der Waals surface area contributed by atoms with E-state index in [4.69, 9.17) is 5.11 Å². The minimum Gasteiger partial charge on any atom is -0.481 e. The van der Waals surface area contributed by atoms with E-state index < -0.39 is 5.97 Å². The summed E-state index contributed by atoms with van der Waals surface area (Å²) in [5, 5.41) is 15.0. The van der Waals surface area contributed by atoms with Crippen LogP contribution < -0.4 is 0 Å². The van der Waals surface area contributed by atoms with Crippen LogP contribution in [0.4, 0.5) is 0 Å². The zero-order valence-corrected chi connectivity index (χ0v) is 5.71. The first-order valence-corrected chi connectivity index (χ1v) is 2.86. The first-order chi connectivity index (χ1) is 4.68. The third-order valence-corrected chi connectivity index (χ3v) is 0.939. The third-order valence-electron chi connectivity index (χ3n) is 0.759. The van der Waals surface area contributed by atoms with Crippen molar-refractivity contribution in [1.29, 1.82) is 0 Å². The van der Waals surface area contributed by atoms with Gasteiger partial charge in [-0.1, -0.05) is 12.6 Å². The van der Waals surface area contributed by atoms with Crippen molar-refractivity contribution < 1.29 is 14.3 Å². The zero-order chi connectivity index (χ0) is 7.56. The normalized spacial score (nSPS) is 9.70. The van der Waals surface area contributed by atoms with E-state index in [0.29, 0.717) is 0 Å². The summed E-state index contributed by atoms with van der Waals surface area (Å²) in [5.74, 6) is -0.936. The highest BCUT2D eigenvalue weighted by Gasteiger charge is 2.06. The molecule has 10 heavy (non-hydrogen) atoms. The van der Waals surface area contributed by atoms with Gasteiger partial charge in [0.05, 0.1) is 0 Å². The van der Waals surface area contributed by atoms with Crippen molar-refractivity contribution >= 4 is 18.6 Å². The summed E-state index contributed by atoms with van der Waals surface area (Å²) in [5.41, 5.74) is 0. The predicted molar refractivity (Wildman–Crippen MR) is 32.9 cm³/mol. The Hall–Kier alpha value is -1.04. The van der Waals surface area contributed by atoms with Crippen LogP contribution in [0, 0.1) is 0 Å². The van der Waals surface area contributed by atoms with Crippen molar-refractivity contribution in [2.24, 2.45) is 0 Å². The van der Waals surface area contributed by atoms with Gasteiger partial charge in [0.25, 0.3) is 5.22 Å². The summed E-state index contributed by atoms with van der Waals surface area (Å²) in [4.78, 5) is 10.0. The molecule has 0 atom stereocenters. The molecule has 1 rings (SSSR count).